The van der Waals surface area contributed by atoms with Gasteiger partial charge in [-0.1, -0.05) is 0 Å². The van der Waals surface area contributed by atoms with Crippen LogP contribution >= 0.6 is 0 Å². The van der Waals surface area contributed by atoms with E-state index in [9.17, 15) is 13.2 Å². The molecule has 1 N–H and O–H groups in total. The van der Waals surface area contributed by atoms with Gasteiger partial charge < -0.3 is 9.84 Å². The normalized spacial score (nSPS) is 12.2. The Balaban J connectivity index is 3.21. The van der Waals surface area contributed by atoms with Crippen LogP contribution in [0.1, 0.15) is 33.3 Å². The summed E-state index contributed by atoms with van der Waals surface area (Å²) in [7, 11) is -3.87. The van der Waals surface area contributed by atoms with E-state index in [1.807, 2.05) is 13.8 Å². The summed E-state index contributed by atoms with van der Waals surface area (Å²) >= 11 is 0. The number of nitrogens with zero attached hydrogens (tertiary/aromatic N) is 1. The summed E-state index contributed by atoms with van der Waals surface area (Å²) in [6, 6.07) is 4.09. The van der Waals surface area contributed by atoms with Crippen LogP contribution in [-0.4, -0.2) is 42.5 Å². The maximum Gasteiger partial charge on any atom is 0.318 e. The highest BCUT2D eigenvalue weighted by Crippen LogP contribution is 2.25. The van der Waals surface area contributed by atoms with Crippen molar-refractivity contribution < 1.29 is 23.1 Å². The lowest BCUT2D eigenvalue weighted by Crippen LogP contribution is -2.40. The molecule has 124 valence electrons. The molecule has 0 spiro atoms. The fraction of sp³-hybridized carbons (Fsp3) is 0.533. The number of hydrogen-bond acceptors (Lipinski definition) is 4. The van der Waals surface area contributed by atoms with Gasteiger partial charge in [0.2, 0.25) is 10.0 Å². The van der Waals surface area contributed by atoms with Crippen molar-refractivity contribution in [2.45, 2.75) is 51.7 Å². The van der Waals surface area contributed by atoms with Crippen LogP contribution in [0.3, 0.4) is 0 Å². The smallest absolute Gasteiger partial charge is 0.318 e. The maximum absolute atomic E-state index is 12.6. The fourth-order valence-electron chi connectivity index (χ4n) is 1.98. The predicted octanol–water partition coefficient (Wildman–Crippen LogP) is 2.27. The van der Waals surface area contributed by atoms with Gasteiger partial charge in [-0.3, -0.25) is 4.79 Å². The molecular weight excluding hydrogens is 306 g/mol. The molecule has 0 fully saturated rings. The second-order valence-electron chi connectivity index (χ2n) is 5.63. The van der Waals surface area contributed by atoms with Crippen LogP contribution in [0.25, 0.3) is 0 Å². The summed E-state index contributed by atoms with van der Waals surface area (Å²) < 4.78 is 31.8. The molecule has 0 saturated carbocycles. The molecule has 0 amide bonds. The Kier molecular flexibility index (Phi) is 5.96. The zero-order valence-electron chi connectivity index (χ0n) is 13.5. The quantitative estimate of drug-likeness (QED) is 0.829. The Labute approximate surface area is 131 Å². The van der Waals surface area contributed by atoms with E-state index in [1.165, 1.54) is 12.1 Å². The number of aryl methyl sites for hydroxylation is 1. The summed E-state index contributed by atoms with van der Waals surface area (Å²) in [5.74, 6) is -0.572. The molecule has 1 aromatic carbocycles. The van der Waals surface area contributed by atoms with E-state index in [0.29, 0.717) is 11.3 Å². The molecule has 22 heavy (non-hydrogen) atoms. The average molecular weight is 329 g/mol. The summed E-state index contributed by atoms with van der Waals surface area (Å²) in [5, 5.41) is 8.91. The molecule has 0 saturated heterocycles. The third kappa shape index (κ3) is 4.45. The number of hydrogen-bond donors (Lipinski definition) is 1. The van der Waals surface area contributed by atoms with E-state index < -0.39 is 28.6 Å². The Morgan fingerprint density at radius 2 is 1.86 bits per heavy atom. The van der Waals surface area contributed by atoms with Gasteiger partial charge in [-0.05, 0) is 58.4 Å². The lowest BCUT2D eigenvalue weighted by atomic mass is 10.2. The number of carbonyl (C=O) groups is 1. The van der Waals surface area contributed by atoms with Crippen molar-refractivity contribution in [2.75, 3.05) is 6.54 Å². The van der Waals surface area contributed by atoms with E-state index in [-0.39, 0.29) is 11.0 Å². The van der Waals surface area contributed by atoms with Crippen molar-refractivity contribution in [3.05, 3.63) is 23.8 Å². The number of benzene rings is 1. The number of aliphatic carboxylic acids is 1. The fourth-order valence-corrected chi connectivity index (χ4v) is 3.65. The third-order valence-corrected chi connectivity index (χ3v) is 5.00. The van der Waals surface area contributed by atoms with Crippen LogP contribution in [0.2, 0.25) is 0 Å². The Bertz CT molecular complexity index is 637. The molecule has 0 unspecified atom stereocenters. The van der Waals surface area contributed by atoms with Crippen molar-refractivity contribution in [3.63, 3.8) is 0 Å². The maximum atomic E-state index is 12.6. The van der Waals surface area contributed by atoms with Crippen molar-refractivity contribution in [1.29, 1.82) is 0 Å². The molecule has 1 aromatic rings. The van der Waals surface area contributed by atoms with Gasteiger partial charge in [-0.15, -0.1) is 0 Å². The largest absolute Gasteiger partial charge is 0.491 e. The molecule has 0 aliphatic rings. The second-order valence-corrected chi connectivity index (χ2v) is 7.52. The highest BCUT2D eigenvalue weighted by Gasteiger charge is 2.29. The van der Waals surface area contributed by atoms with Gasteiger partial charge in [0.15, 0.2) is 0 Å². The summed E-state index contributed by atoms with van der Waals surface area (Å²) in [6.45, 7) is 8.25. The Morgan fingerprint density at radius 3 is 2.27 bits per heavy atom. The monoisotopic (exact) mass is 329 g/mol. The Morgan fingerprint density at radius 1 is 1.27 bits per heavy atom. The van der Waals surface area contributed by atoms with Crippen LogP contribution in [-0.2, 0) is 14.8 Å². The highest BCUT2D eigenvalue weighted by molar-refractivity contribution is 7.89. The summed E-state index contributed by atoms with van der Waals surface area (Å²) in [6.07, 6.45) is -0.0136. The first-order valence-electron chi connectivity index (χ1n) is 7.06. The van der Waals surface area contributed by atoms with Crippen molar-refractivity contribution in [1.82, 2.24) is 4.31 Å². The van der Waals surface area contributed by atoms with E-state index in [2.05, 4.69) is 0 Å². The second kappa shape index (κ2) is 7.11. The minimum absolute atomic E-state index is 0.0136. The average Bonchev–Trinajstić information content (AvgIpc) is 2.37. The van der Waals surface area contributed by atoms with Gasteiger partial charge >= 0.3 is 5.97 Å². The van der Waals surface area contributed by atoms with E-state index in [4.69, 9.17) is 9.84 Å². The highest BCUT2D eigenvalue weighted by atomic mass is 32.2. The molecule has 1 rings (SSSR count). The molecule has 0 radical (unpaired) electrons. The number of carboxylic acids is 1. The van der Waals surface area contributed by atoms with E-state index >= 15 is 0 Å². The lowest BCUT2D eigenvalue weighted by molar-refractivity contribution is -0.137. The van der Waals surface area contributed by atoms with Gasteiger partial charge in [0, 0.05) is 6.04 Å². The summed E-state index contributed by atoms with van der Waals surface area (Å²) in [4.78, 5) is 11.0. The molecule has 0 aliphatic heterocycles. The lowest BCUT2D eigenvalue weighted by Gasteiger charge is -2.24. The first kappa shape index (κ1) is 18.4. The minimum Gasteiger partial charge on any atom is -0.491 e. The van der Waals surface area contributed by atoms with Crippen LogP contribution in [0, 0.1) is 6.92 Å². The minimum atomic E-state index is -3.87. The van der Waals surface area contributed by atoms with Crippen LogP contribution < -0.4 is 4.74 Å². The zero-order chi connectivity index (χ0) is 17.1. The molecule has 7 heteroatoms. The zero-order valence-corrected chi connectivity index (χ0v) is 14.3. The topological polar surface area (TPSA) is 83.9 Å². The number of carboxylic acid groups (broad SMARTS) is 1. The molecule has 6 nitrogen and oxygen atoms in total. The van der Waals surface area contributed by atoms with Crippen molar-refractivity contribution >= 4 is 16.0 Å². The third-order valence-electron chi connectivity index (χ3n) is 2.98. The molecule has 0 atom stereocenters. The standard InChI is InChI=1S/C15H23NO5S/c1-10(2)16(9-15(17)18)22(19,20)13-6-7-14(12(5)8-13)21-11(3)4/h6-8,10-11H,9H2,1-5H3,(H,17,18). The molecule has 0 heterocycles. The Hall–Kier alpha value is -1.60. The van der Waals surface area contributed by atoms with Gasteiger partial charge in [0.25, 0.3) is 0 Å². The van der Waals surface area contributed by atoms with E-state index in [0.717, 1.165) is 4.31 Å². The van der Waals surface area contributed by atoms with Gasteiger partial charge in [0.1, 0.15) is 12.3 Å². The van der Waals surface area contributed by atoms with Gasteiger partial charge in [0.05, 0.1) is 11.0 Å². The van der Waals surface area contributed by atoms with Crippen molar-refractivity contribution in [2.24, 2.45) is 0 Å². The SMILES string of the molecule is Cc1cc(S(=O)(=O)N(CC(=O)O)C(C)C)ccc1OC(C)C. The number of sulfonamides is 1. The van der Waals surface area contributed by atoms with Gasteiger partial charge in [-0.2, -0.15) is 4.31 Å². The van der Waals surface area contributed by atoms with E-state index in [1.54, 1.807) is 26.8 Å². The number of rotatable bonds is 7. The van der Waals surface area contributed by atoms with Crippen LogP contribution in [0.4, 0.5) is 0 Å². The first-order valence-corrected chi connectivity index (χ1v) is 8.50. The molecule has 0 aliphatic carbocycles. The van der Waals surface area contributed by atoms with Gasteiger partial charge in [-0.25, -0.2) is 8.42 Å². The first-order chi connectivity index (χ1) is 10.1. The molecule has 0 bridgehead atoms. The molecule has 0 aromatic heterocycles. The van der Waals surface area contributed by atoms with Crippen LogP contribution in [0.5, 0.6) is 5.75 Å². The molecular formula is C15H23NO5S. The number of ether oxygens (including phenoxy) is 1. The predicted molar refractivity (Wildman–Crippen MR) is 83.6 cm³/mol. The summed E-state index contributed by atoms with van der Waals surface area (Å²) in [5.41, 5.74) is 0.689. The van der Waals surface area contributed by atoms with Crippen molar-refractivity contribution in [3.8, 4) is 5.75 Å². The van der Waals surface area contributed by atoms with Crippen LogP contribution in [0.15, 0.2) is 23.1 Å².